The quantitative estimate of drug-likeness (QED) is 0.596. The van der Waals surface area contributed by atoms with E-state index < -0.39 is 0 Å². The van der Waals surface area contributed by atoms with Crippen molar-refractivity contribution in [2.45, 2.75) is 43.5 Å². The van der Waals surface area contributed by atoms with Crippen molar-refractivity contribution >= 4 is 11.8 Å². The van der Waals surface area contributed by atoms with Crippen molar-refractivity contribution in [3.8, 4) is 23.1 Å². The van der Waals surface area contributed by atoms with E-state index in [9.17, 15) is 0 Å². The van der Waals surface area contributed by atoms with Crippen LogP contribution in [0.2, 0.25) is 0 Å². The molecular formula is C21H22N4S. The van der Waals surface area contributed by atoms with E-state index in [-0.39, 0.29) is 10.7 Å². The highest BCUT2D eigenvalue weighted by molar-refractivity contribution is 8.00. The van der Waals surface area contributed by atoms with Crippen molar-refractivity contribution in [1.29, 1.82) is 5.26 Å². The van der Waals surface area contributed by atoms with Crippen LogP contribution in [0.5, 0.6) is 0 Å². The van der Waals surface area contributed by atoms with Crippen molar-refractivity contribution in [1.82, 2.24) is 14.8 Å². The van der Waals surface area contributed by atoms with Gasteiger partial charge in [0.1, 0.15) is 0 Å². The average Bonchev–Trinajstić information content (AvgIpc) is 3.05. The zero-order valence-electron chi connectivity index (χ0n) is 15.5. The van der Waals surface area contributed by atoms with Crippen LogP contribution in [-0.4, -0.2) is 20.0 Å². The van der Waals surface area contributed by atoms with Crippen molar-refractivity contribution in [2.24, 2.45) is 0 Å². The molecule has 0 amide bonds. The van der Waals surface area contributed by atoms with Crippen LogP contribution in [0.15, 0.2) is 59.8 Å². The summed E-state index contributed by atoms with van der Waals surface area (Å²) in [5.74, 6) is 0.782. The van der Waals surface area contributed by atoms with Gasteiger partial charge in [-0.3, -0.25) is 4.57 Å². The lowest BCUT2D eigenvalue weighted by Crippen LogP contribution is -2.10. The van der Waals surface area contributed by atoms with Gasteiger partial charge in [-0.05, 0) is 30.0 Å². The van der Waals surface area contributed by atoms with E-state index in [2.05, 4.69) is 61.3 Å². The van der Waals surface area contributed by atoms with Gasteiger partial charge in [0.2, 0.25) is 0 Å². The monoisotopic (exact) mass is 362 g/mol. The summed E-state index contributed by atoms with van der Waals surface area (Å²) in [6, 6.07) is 20.7. The molecule has 3 aromatic rings. The molecule has 1 aromatic heterocycles. The minimum absolute atomic E-state index is 0.106. The van der Waals surface area contributed by atoms with Crippen molar-refractivity contribution in [3.63, 3.8) is 0 Å². The standard InChI is InChI=1S/C21H22N4S/c1-15(14-22)26-20-24-23-19(25(20)18-8-6-5-7-9-18)16-10-12-17(13-11-16)21(2,3)4/h5-13,15H,1-4H3/t15-/m1/s1. The minimum Gasteiger partial charge on any atom is -0.270 e. The first-order valence-electron chi connectivity index (χ1n) is 8.58. The molecule has 0 aliphatic rings. The smallest absolute Gasteiger partial charge is 0.197 e. The Labute approximate surface area is 158 Å². The third-order valence-electron chi connectivity index (χ3n) is 4.12. The number of aromatic nitrogens is 3. The number of hydrogen-bond donors (Lipinski definition) is 0. The first kappa shape index (κ1) is 18.2. The molecule has 5 heteroatoms. The van der Waals surface area contributed by atoms with Crippen molar-refractivity contribution < 1.29 is 0 Å². The van der Waals surface area contributed by atoms with E-state index in [0.29, 0.717) is 0 Å². The molecule has 1 atom stereocenters. The fourth-order valence-corrected chi connectivity index (χ4v) is 3.40. The van der Waals surface area contributed by atoms with E-state index in [4.69, 9.17) is 5.26 Å². The van der Waals surface area contributed by atoms with Crippen LogP contribution in [0, 0.1) is 11.3 Å². The lowest BCUT2D eigenvalue weighted by Gasteiger charge is -2.19. The van der Waals surface area contributed by atoms with Gasteiger partial charge in [0.05, 0.1) is 11.3 Å². The number of nitrogens with zero attached hydrogens (tertiary/aromatic N) is 4. The molecule has 0 saturated carbocycles. The number of benzene rings is 2. The fraction of sp³-hybridized carbons (Fsp3) is 0.286. The second kappa shape index (κ2) is 7.35. The van der Waals surface area contributed by atoms with Crippen molar-refractivity contribution in [3.05, 3.63) is 60.2 Å². The summed E-state index contributed by atoms with van der Waals surface area (Å²) in [6.45, 7) is 8.47. The second-order valence-electron chi connectivity index (χ2n) is 7.19. The maximum Gasteiger partial charge on any atom is 0.197 e. The molecule has 4 nitrogen and oxygen atoms in total. The third-order valence-corrected chi connectivity index (χ3v) is 5.05. The predicted molar refractivity (Wildman–Crippen MR) is 106 cm³/mol. The van der Waals surface area contributed by atoms with Crippen LogP contribution in [0.1, 0.15) is 33.3 Å². The number of nitriles is 1. The summed E-state index contributed by atoms with van der Waals surface area (Å²) in [5.41, 5.74) is 3.38. The van der Waals surface area contributed by atoms with Gasteiger partial charge >= 0.3 is 0 Å². The summed E-state index contributed by atoms with van der Waals surface area (Å²) < 4.78 is 2.02. The first-order chi connectivity index (χ1) is 12.4. The predicted octanol–water partition coefficient (Wildman–Crippen LogP) is 5.24. The van der Waals surface area contributed by atoms with Crippen LogP contribution in [0.3, 0.4) is 0 Å². The van der Waals surface area contributed by atoms with Gasteiger partial charge in [-0.1, -0.05) is 75.0 Å². The van der Waals surface area contributed by atoms with E-state index in [0.717, 1.165) is 22.2 Å². The Balaban J connectivity index is 2.09. The molecule has 0 unspecified atom stereocenters. The third kappa shape index (κ3) is 3.81. The molecule has 1 heterocycles. The van der Waals surface area contributed by atoms with Crippen LogP contribution in [0.4, 0.5) is 0 Å². The Kier molecular flexibility index (Phi) is 5.15. The zero-order chi connectivity index (χ0) is 18.7. The molecule has 0 spiro atoms. The normalized spacial score (nSPS) is 12.6. The molecule has 132 valence electrons. The van der Waals surface area contributed by atoms with E-state index in [1.807, 2.05) is 41.8 Å². The Morgan fingerprint density at radius 3 is 2.23 bits per heavy atom. The number of thioether (sulfide) groups is 1. The average molecular weight is 363 g/mol. The molecule has 0 aliphatic heterocycles. The molecule has 0 bridgehead atoms. The summed E-state index contributed by atoms with van der Waals surface area (Å²) in [7, 11) is 0. The van der Waals surface area contributed by atoms with Gasteiger partial charge in [-0.2, -0.15) is 5.26 Å². The summed E-state index contributed by atoms with van der Waals surface area (Å²) in [6.07, 6.45) is 0. The number of para-hydroxylation sites is 1. The van der Waals surface area contributed by atoms with Crippen LogP contribution in [-0.2, 0) is 5.41 Å². The molecule has 26 heavy (non-hydrogen) atoms. The Morgan fingerprint density at radius 1 is 1.00 bits per heavy atom. The van der Waals surface area contributed by atoms with Crippen LogP contribution in [0.25, 0.3) is 17.1 Å². The Hall–Kier alpha value is -2.58. The molecule has 3 rings (SSSR count). The largest absolute Gasteiger partial charge is 0.270 e. The van der Waals surface area contributed by atoms with Crippen LogP contribution >= 0.6 is 11.8 Å². The molecule has 0 fully saturated rings. The van der Waals surface area contributed by atoms with E-state index in [1.54, 1.807) is 0 Å². The SMILES string of the molecule is C[C@H](C#N)Sc1nnc(-c2ccc(C(C)(C)C)cc2)n1-c1ccccc1. The number of rotatable bonds is 4. The van der Waals surface area contributed by atoms with Crippen LogP contribution < -0.4 is 0 Å². The second-order valence-corrected chi connectivity index (χ2v) is 8.50. The maximum atomic E-state index is 9.16. The molecule has 0 radical (unpaired) electrons. The molecule has 0 aliphatic carbocycles. The molecule has 0 saturated heterocycles. The maximum absolute atomic E-state index is 9.16. The lowest BCUT2D eigenvalue weighted by molar-refractivity contribution is 0.590. The summed E-state index contributed by atoms with van der Waals surface area (Å²) in [4.78, 5) is 0. The highest BCUT2D eigenvalue weighted by Crippen LogP contribution is 2.31. The van der Waals surface area contributed by atoms with E-state index >= 15 is 0 Å². The fourth-order valence-electron chi connectivity index (χ4n) is 2.65. The summed E-state index contributed by atoms with van der Waals surface area (Å²) in [5, 5.41) is 18.5. The van der Waals surface area contributed by atoms with Gasteiger partial charge in [-0.25, -0.2) is 0 Å². The molecular weight excluding hydrogens is 340 g/mol. The van der Waals surface area contributed by atoms with Gasteiger partial charge in [0.15, 0.2) is 11.0 Å². The highest BCUT2D eigenvalue weighted by atomic mass is 32.2. The number of hydrogen-bond acceptors (Lipinski definition) is 4. The minimum atomic E-state index is -0.197. The zero-order valence-corrected chi connectivity index (χ0v) is 16.3. The molecule has 2 aromatic carbocycles. The summed E-state index contributed by atoms with van der Waals surface area (Å²) >= 11 is 1.42. The van der Waals surface area contributed by atoms with Gasteiger partial charge < -0.3 is 0 Å². The lowest BCUT2D eigenvalue weighted by atomic mass is 9.87. The van der Waals surface area contributed by atoms with Crippen molar-refractivity contribution in [2.75, 3.05) is 0 Å². The topological polar surface area (TPSA) is 54.5 Å². The van der Waals surface area contributed by atoms with Gasteiger partial charge in [0.25, 0.3) is 0 Å². The van der Waals surface area contributed by atoms with Gasteiger partial charge in [-0.15, -0.1) is 10.2 Å². The van der Waals surface area contributed by atoms with E-state index in [1.165, 1.54) is 17.3 Å². The Morgan fingerprint density at radius 2 is 1.65 bits per heavy atom. The molecule has 0 N–H and O–H groups in total. The first-order valence-corrected chi connectivity index (χ1v) is 9.46. The van der Waals surface area contributed by atoms with Gasteiger partial charge in [0, 0.05) is 11.3 Å². The highest BCUT2D eigenvalue weighted by Gasteiger charge is 2.19. The Bertz CT molecular complexity index is 915.